The first-order chi connectivity index (χ1) is 9.75. The zero-order valence-electron chi connectivity index (χ0n) is 12.9. The van der Waals surface area contributed by atoms with E-state index >= 15 is 0 Å². The molecule has 0 aliphatic heterocycles. The number of alkyl halides is 3. The topological polar surface area (TPSA) is 12.0 Å². The lowest BCUT2D eigenvalue weighted by atomic mass is 9.84. The average Bonchev–Trinajstić information content (AvgIpc) is 2.37. The molecule has 1 aromatic carbocycles. The van der Waals surface area contributed by atoms with E-state index in [0.717, 1.165) is 12.0 Å². The molecule has 0 amide bonds. The Morgan fingerprint density at radius 1 is 1.10 bits per heavy atom. The Morgan fingerprint density at radius 3 is 2.29 bits per heavy atom. The zero-order chi connectivity index (χ0) is 15.6. The lowest BCUT2D eigenvalue weighted by molar-refractivity contribution is -0.183. The van der Waals surface area contributed by atoms with E-state index < -0.39 is 12.1 Å². The van der Waals surface area contributed by atoms with Crippen LogP contribution in [0.4, 0.5) is 13.2 Å². The summed E-state index contributed by atoms with van der Waals surface area (Å²) >= 11 is 0. The van der Waals surface area contributed by atoms with Crippen LogP contribution in [0.2, 0.25) is 0 Å². The summed E-state index contributed by atoms with van der Waals surface area (Å²) in [4.78, 5) is 0. The number of halogens is 3. The lowest BCUT2D eigenvalue weighted by Crippen LogP contribution is -2.39. The Bertz CT molecular complexity index is 461. The van der Waals surface area contributed by atoms with Crippen LogP contribution in [-0.4, -0.2) is 12.2 Å². The minimum absolute atomic E-state index is 0.0406. The van der Waals surface area contributed by atoms with Crippen molar-refractivity contribution >= 4 is 0 Å². The van der Waals surface area contributed by atoms with E-state index in [1.165, 1.54) is 11.1 Å². The Kier molecular flexibility index (Phi) is 4.97. The fourth-order valence-electron chi connectivity index (χ4n) is 3.35. The van der Waals surface area contributed by atoms with Crippen molar-refractivity contribution in [1.82, 2.24) is 5.32 Å². The van der Waals surface area contributed by atoms with E-state index in [-0.39, 0.29) is 24.9 Å². The van der Waals surface area contributed by atoms with E-state index in [2.05, 4.69) is 23.5 Å². The van der Waals surface area contributed by atoms with Crippen molar-refractivity contribution in [2.75, 3.05) is 0 Å². The number of rotatable bonds is 3. The van der Waals surface area contributed by atoms with Crippen LogP contribution in [0.15, 0.2) is 18.2 Å². The molecule has 1 fully saturated rings. The standard InChI is InChI=1S/C17H24F3N/c1-11-7-12(2)9-14(8-11)13(3)21-16-6-4-5-15(10-16)17(18,19)20/h7-9,13,15-16,21H,4-6,10H2,1-3H3. The Labute approximate surface area is 124 Å². The molecule has 1 aromatic rings. The molecule has 1 saturated carbocycles. The molecule has 118 valence electrons. The van der Waals surface area contributed by atoms with Crippen LogP contribution in [0.25, 0.3) is 0 Å². The number of hydrogen-bond acceptors (Lipinski definition) is 1. The molecular formula is C17H24F3N. The van der Waals surface area contributed by atoms with Crippen molar-refractivity contribution in [2.24, 2.45) is 5.92 Å². The third-order valence-corrected chi connectivity index (χ3v) is 4.37. The molecule has 0 heterocycles. The average molecular weight is 299 g/mol. The Morgan fingerprint density at radius 2 is 1.71 bits per heavy atom. The Hall–Kier alpha value is -1.03. The van der Waals surface area contributed by atoms with Crippen LogP contribution in [0.5, 0.6) is 0 Å². The van der Waals surface area contributed by atoms with E-state index in [1.807, 2.05) is 20.8 Å². The van der Waals surface area contributed by atoms with Crippen LogP contribution in [-0.2, 0) is 0 Å². The lowest BCUT2D eigenvalue weighted by Gasteiger charge is -2.33. The van der Waals surface area contributed by atoms with Gasteiger partial charge in [0.15, 0.2) is 0 Å². The molecule has 0 aromatic heterocycles. The minimum atomic E-state index is -4.05. The van der Waals surface area contributed by atoms with Crippen molar-refractivity contribution < 1.29 is 13.2 Å². The third kappa shape index (κ3) is 4.47. The maximum atomic E-state index is 12.9. The van der Waals surface area contributed by atoms with Crippen LogP contribution >= 0.6 is 0 Å². The van der Waals surface area contributed by atoms with Gasteiger partial charge >= 0.3 is 6.18 Å². The molecule has 0 radical (unpaired) electrons. The van der Waals surface area contributed by atoms with Gasteiger partial charge in [-0.3, -0.25) is 0 Å². The van der Waals surface area contributed by atoms with Crippen LogP contribution < -0.4 is 5.32 Å². The van der Waals surface area contributed by atoms with Gasteiger partial charge in [-0.15, -0.1) is 0 Å². The van der Waals surface area contributed by atoms with Crippen LogP contribution in [0.1, 0.15) is 55.3 Å². The zero-order valence-corrected chi connectivity index (χ0v) is 12.9. The second-order valence-electron chi connectivity index (χ2n) is 6.41. The van der Waals surface area contributed by atoms with E-state index in [1.54, 1.807) is 0 Å². The molecule has 3 atom stereocenters. The Balaban J connectivity index is 2.00. The molecule has 21 heavy (non-hydrogen) atoms. The molecule has 1 N–H and O–H groups in total. The molecule has 0 saturated heterocycles. The second-order valence-corrected chi connectivity index (χ2v) is 6.41. The predicted octanol–water partition coefficient (Wildman–Crippen LogP) is 5.08. The first-order valence-corrected chi connectivity index (χ1v) is 7.66. The van der Waals surface area contributed by atoms with Gasteiger partial charge in [-0.2, -0.15) is 13.2 Å². The summed E-state index contributed by atoms with van der Waals surface area (Å²) in [5, 5.41) is 3.39. The monoisotopic (exact) mass is 299 g/mol. The van der Waals surface area contributed by atoms with Gasteiger partial charge in [0, 0.05) is 12.1 Å². The first-order valence-electron chi connectivity index (χ1n) is 7.66. The second kappa shape index (κ2) is 6.39. The van der Waals surface area contributed by atoms with E-state index in [4.69, 9.17) is 0 Å². The quantitative estimate of drug-likeness (QED) is 0.821. The molecule has 0 bridgehead atoms. The SMILES string of the molecule is Cc1cc(C)cc(C(C)NC2CCCC(C(F)(F)F)C2)c1. The van der Waals surface area contributed by atoms with Crippen molar-refractivity contribution in [1.29, 1.82) is 0 Å². The van der Waals surface area contributed by atoms with Crippen LogP contribution in [0, 0.1) is 19.8 Å². The summed E-state index contributed by atoms with van der Waals surface area (Å²) in [7, 11) is 0. The number of aryl methyl sites for hydroxylation is 2. The summed E-state index contributed by atoms with van der Waals surface area (Å²) in [5.74, 6) is -1.14. The maximum Gasteiger partial charge on any atom is 0.391 e. The highest BCUT2D eigenvalue weighted by Crippen LogP contribution is 2.38. The highest BCUT2D eigenvalue weighted by atomic mass is 19.4. The van der Waals surface area contributed by atoms with Gasteiger partial charge in [0.05, 0.1) is 5.92 Å². The van der Waals surface area contributed by atoms with E-state index in [0.29, 0.717) is 6.42 Å². The van der Waals surface area contributed by atoms with Gasteiger partial charge in [0.2, 0.25) is 0 Å². The molecule has 0 spiro atoms. The maximum absolute atomic E-state index is 12.9. The van der Waals surface area contributed by atoms with Gasteiger partial charge < -0.3 is 5.32 Å². The minimum Gasteiger partial charge on any atom is -0.307 e. The summed E-state index contributed by atoms with van der Waals surface area (Å²) < 4.78 is 38.6. The van der Waals surface area contributed by atoms with Crippen LogP contribution in [0.3, 0.4) is 0 Å². The summed E-state index contributed by atoms with van der Waals surface area (Å²) in [6.07, 6.45) is -2.08. The predicted molar refractivity (Wildman–Crippen MR) is 79.3 cm³/mol. The van der Waals surface area contributed by atoms with E-state index in [9.17, 15) is 13.2 Å². The number of hydrogen-bond donors (Lipinski definition) is 1. The van der Waals surface area contributed by atoms with Crippen molar-refractivity contribution in [3.63, 3.8) is 0 Å². The largest absolute Gasteiger partial charge is 0.391 e. The van der Waals surface area contributed by atoms with Crippen molar-refractivity contribution in [3.8, 4) is 0 Å². The van der Waals surface area contributed by atoms with Gasteiger partial charge in [0.25, 0.3) is 0 Å². The van der Waals surface area contributed by atoms with Crippen molar-refractivity contribution in [3.05, 3.63) is 34.9 Å². The smallest absolute Gasteiger partial charge is 0.307 e. The van der Waals surface area contributed by atoms with Gasteiger partial charge in [0.1, 0.15) is 0 Å². The van der Waals surface area contributed by atoms with Gasteiger partial charge in [-0.1, -0.05) is 35.7 Å². The summed E-state index contributed by atoms with van der Waals surface area (Å²) in [6, 6.07) is 6.36. The molecule has 1 nitrogen and oxygen atoms in total. The summed E-state index contributed by atoms with van der Waals surface area (Å²) in [5.41, 5.74) is 3.53. The number of benzene rings is 1. The highest BCUT2D eigenvalue weighted by Gasteiger charge is 2.42. The first kappa shape index (κ1) is 16.3. The molecular weight excluding hydrogens is 275 g/mol. The normalized spacial score (nSPS) is 24.9. The number of nitrogens with one attached hydrogen (secondary N) is 1. The van der Waals surface area contributed by atoms with Gasteiger partial charge in [-0.25, -0.2) is 0 Å². The molecule has 4 heteroatoms. The van der Waals surface area contributed by atoms with Crippen molar-refractivity contribution in [2.45, 2.75) is 64.7 Å². The van der Waals surface area contributed by atoms with Gasteiger partial charge in [-0.05, 0) is 45.6 Å². The fraction of sp³-hybridized carbons (Fsp3) is 0.647. The molecule has 3 unspecified atom stereocenters. The highest BCUT2D eigenvalue weighted by molar-refractivity contribution is 5.30. The fourth-order valence-corrected chi connectivity index (χ4v) is 3.35. The molecule has 1 aliphatic rings. The molecule has 2 rings (SSSR count). The third-order valence-electron chi connectivity index (χ3n) is 4.37. The summed E-state index contributed by atoms with van der Waals surface area (Å²) in [6.45, 7) is 6.12. The molecule has 1 aliphatic carbocycles.